The first-order chi connectivity index (χ1) is 11.9. The Labute approximate surface area is 151 Å². The summed E-state index contributed by atoms with van der Waals surface area (Å²) in [7, 11) is 0. The average Bonchev–Trinajstić information content (AvgIpc) is 2.94. The fourth-order valence-electron chi connectivity index (χ4n) is 3.08. The number of hydrogen-bond donors (Lipinski definition) is 1. The van der Waals surface area contributed by atoms with Crippen molar-refractivity contribution >= 4 is 23.5 Å². The third kappa shape index (κ3) is 3.54. The van der Waals surface area contributed by atoms with E-state index in [4.69, 9.17) is 11.6 Å². The Morgan fingerprint density at radius 2 is 1.96 bits per heavy atom. The number of carbonyl (C=O) groups excluding carboxylic acids is 1. The van der Waals surface area contributed by atoms with Crippen molar-refractivity contribution in [2.75, 3.05) is 6.54 Å². The molecule has 1 aliphatic rings. The molecule has 7 heteroatoms. The Bertz CT molecular complexity index is 812. The number of nitrogens with zero attached hydrogens (tertiary/aromatic N) is 3. The molecule has 0 aliphatic carbocycles. The molecular formula is C18H20ClN3O3. The molecular weight excluding hydrogens is 342 g/mol. The Balaban J connectivity index is 1.97. The van der Waals surface area contributed by atoms with Gasteiger partial charge in [-0.25, -0.2) is 9.48 Å². The molecule has 1 amide bonds. The molecule has 2 heterocycles. The smallest absolute Gasteiger partial charge is 0.356 e. The molecule has 132 valence electrons. The summed E-state index contributed by atoms with van der Waals surface area (Å²) < 4.78 is 1.65. The van der Waals surface area contributed by atoms with Crippen molar-refractivity contribution in [1.29, 1.82) is 0 Å². The number of aromatic carboxylic acids is 1. The van der Waals surface area contributed by atoms with Crippen LogP contribution in [0.5, 0.6) is 0 Å². The molecule has 1 aromatic carbocycles. The summed E-state index contributed by atoms with van der Waals surface area (Å²) in [5.41, 5.74) is 2.22. The van der Waals surface area contributed by atoms with E-state index in [1.807, 2.05) is 13.8 Å². The van der Waals surface area contributed by atoms with Crippen LogP contribution >= 0.6 is 11.6 Å². The van der Waals surface area contributed by atoms with E-state index in [9.17, 15) is 14.7 Å². The van der Waals surface area contributed by atoms with Crippen molar-refractivity contribution in [3.63, 3.8) is 0 Å². The second-order valence-electron chi connectivity index (χ2n) is 6.63. The third-order valence-corrected chi connectivity index (χ3v) is 4.52. The summed E-state index contributed by atoms with van der Waals surface area (Å²) in [4.78, 5) is 25.7. The number of carboxylic acids is 1. The number of halogens is 1. The topological polar surface area (TPSA) is 75.4 Å². The summed E-state index contributed by atoms with van der Waals surface area (Å²) in [6, 6.07) is 7.09. The van der Waals surface area contributed by atoms with E-state index in [0.717, 1.165) is 11.4 Å². The molecule has 0 saturated carbocycles. The number of fused-ring (bicyclic) bond motifs is 1. The average molecular weight is 362 g/mol. The number of benzene rings is 1. The molecule has 1 aromatic heterocycles. The summed E-state index contributed by atoms with van der Waals surface area (Å²) in [5, 5.41) is 14.4. The highest BCUT2D eigenvalue weighted by Gasteiger charge is 2.30. The Kier molecular flexibility index (Phi) is 4.81. The van der Waals surface area contributed by atoms with Gasteiger partial charge in [-0.05, 0) is 30.2 Å². The van der Waals surface area contributed by atoms with Crippen LogP contribution in [-0.2, 0) is 17.8 Å². The van der Waals surface area contributed by atoms with Gasteiger partial charge in [0.2, 0.25) is 5.91 Å². The van der Waals surface area contributed by atoms with Crippen LogP contribution in [0.3, 0.4) is 0 Å². The highest BCUT2D eigenvalue weighted by atomic mass is 35.5. The Morgan fingerprint density at radius 1 is 1.28 bits per heavy atom. The number of hydrogen-bond acceptors (Lipinski definition) is 3. The summed E-state index contributed by atoms with van der Waals surface area (Å²) in [6.07, 6.45) is 1.03. The minimum absolute atomic E-state index is 0.00648. The highest BCUT2D eigenvalue weighted by Crippen LogP contribution is 2.27. The van der Waals surface area contributed by atoms with Gasteiger partial charge in [0.25, 0.3) is 0 Å². The van der Waals surface area contributed by atoms with E-state index in [1.54, 1.807) is 33.8 Å². The van der Waals surface area contributed by atoms with Gasteiger partial charge in [0.15, 0.2) is 5.69 Å². The van der Waals surface area contributed by atoms with Crippen LogP contribution in [-0.4, -0.2) is 38.2 Å². The van der Waals surface area contributed by atoms with Gasteiger partial charge < -0.3 is 10.0 Å². The third-order valence-electron chi connectivity index (χ3n) is 4.27. The van der Waals surface area contributed by atoms with E-state index < -0.39 is 5.97 Å². The monoisotopic (exact) mass is 361 g/mol. The number of carboxylic acid groups (broad SMARTS) is 1. The zero-order valence-electron chi connectivity index (χ0n) is 14.2. The number of aromatic nitrogens is 2. The molecule has 25 heavy (non-hydrogen) atoms. The lowest BCUT2D eigenvalue weighted by molar-refractivity contribution is -0.132. The maximum Gasteiger partial charge on any atom is 0.356 e. The van der Waals surface area contributed by atoms with Gasteiger partial charge >= 0.3 is 5.97 Å². The lowest BCUT2D eigenvalue weighted by Gasteiger charge is -2.28. The van der Waals surface area contributed by atoms with Gasteiger partial charge in [0.05, 0.1) is 11.4 Å². The van der Waals surface area contributed by atoms with Gasteiger partial charge in [-0.1, -0.05) is 25.4 Å². The van der Waals surface area contributed by atoms with Gasteiger partial charge in [-0.2, -0.15) is 5.10 Å². The predicted octanol–water partition coefficient (Wildman–Crippen LogP) is 3.15. The van der Waals surface area contributed by atoms with E-state index in [1.165, 1.54) is 0 Å². The molecule has 0 saturated heterocycles. The molecule has 1 aliphatic heterocycles. The van der Waals surface area contributed by atoms with Crippen LogP contribution in [0.1, 0.15) is 42.0 Å². The zero-order valence-corrected chi connectivity index (χ0v) is 15.0. The van der Waals surface area contributed by atoms with Crippen LogP contribution < -0.4 is 0 Å². The first-order valence-electron chi connectivity index (χ1n) is 8.24. The maximum atomic E-state index is 12.4. The molecule has 3 rings (SSSR count). The van der Waals surface area contributed by atoms with Crippen LogP contribution in [0, 0.1) is 5.92 Å². The number of amides is 1. The molecule has 2 aromatic rings. The van der Waals surface area contributed by atoms with Crippen LogP contribution in [0.15, 0.2) is 24.3 Å². The fraction of sp³-hybridized carbons (Fsp3) is 0.389. The first kappa shape index (κ1) is 17.5. The molecule has 1 N–H and O–H groups in total. The largest absolute Gasteiger partial charge is 0.476 e. The molecule has 0 atom stereocenters. The van der Waals surface area contributed by atoms with Crippen molar-refractivity contribution in [1.82, 2.24) is 14.7 Å². The van der Waals surface area contributed by atoms with Crippen LogP contribution in [0.2, 0.25) is 5.02 Å². The van der Waals surface area contributed by atoms with Gasteiger partial charge in [-0.3, -0.25) is 4.79 Å². The zero-order chi connectivity index (χ0) is 18.1. The second-order valence-corrected chi connectivity index (χ2v) is 7.07. The Morgan fingerprint density at radius 3 is 2.56 bits per heavy atom. The lowest BCUT2D eigenvalue weighted by Crippen LogP contribution is -2.37. The van der Waals surface area contributed by atoms with Gasteiger partial charge in [0, 0.05) is 36.5 Å². The van der Waals surface area contributed by atoms with E-state index in [2.05, 4.69) is 5.10 Å². The molecule has 0 radical (unpaired) electrons. The van der Waals surface area contributed by atoms with Crippen LogP contribution in [0.25, 0.3) is 5.69 Å². The summed E-state index contributed by atoms with van der Waals surface area (Å²) in [6.45, 7) is 4.84. The standard InChI is InChI=1S/C18H20ClN3O3/c1-11(2)9-16(23)21-8-7-15-14(10-21)17(18(24)25)20-22(15)13-5-3-12(19)4-6-13/h3-6,11H,7-10H2,1-2H3,(H,24,25). The minimum atomic E-state index is -1.08. The van der Waals surface area contributed by atoms with Crippen molar-refractivity contribution in [2.45, 2.75) is 33.2 Å². The van der Waals surface area contributed by atoms with Crippen molar-refractivity contribution in [3.05, 3.63) is 46.2 Å². The minimum Gasteiger partial charge on any atom is -0.476 e. The van der Waals surface area contributed by atoms with E-state index in [0.29, 0.717) is 30.0 Å². The SMILES string of the molecule is CC(C)CC(=O)N1CCc2c(c(C(=O)O)nn2-c2ccc(Cl)cc2)C1. The fourth-order valence-corrected chi connectivity index (χ4v) is 3.20. The molecule has 0 unspecified atom stereocenters. The van der Waals surface area contributed by atoms with E-state index in [-0.39, 0.29) is 24.1 Å². The Hall–Kier alpha value is -2.34. The van der Waals surface area contributed by atoms with Crippen molar-refractivity contribution in [3.8, 4) is 5.69 Å². The molecule has 0 fully saturated rings. The summed E-state index contributed by atoms with van der Waals surface area (Å²) in [5.74, 6) is -0.761. The van der Waals surface area contributed by atoms with Crippen molar-refractivity contribution in [2.24, 2.45) is 5.92 Å². The highest BCUT2D eigenvalue weighted by molar-refractivity contribution is 6.30. The number of rotatable bonds is 4. The van der Waals surface area contributed by atoms with Gasteiger partial charge in [-0.15, -0.1) is 0 Å². The van der Waals surface area contributed by atoms with Crippen molar-refractivity contribution < 1.29 is 14.7 Å². The first-order valence-corrected chi connectivity index (χ1v) is 8.62. The summed E-state index contributed by atoms with van der Waals surface area (Å²) >= 11 is 5.93. The second kappa shape index (κ2) is 6.88. The predicted molar refractivity (Wildman–Crippen MR) is 94.1 cm³/mol. The van der Waals surface area contributed by atoms with E-state index >= 15 is 0 Å². The van der Waals surface area contributed by atoms with Crippen LogP contribution in [0.4, 0.5) is 0 Å². The number of carbonyl (C=O) groups is 2. The molecule has 6 nitrogen and oxygen atoms in total. The molecule has 0 bridgehead atoms. The quantitative estimate of drug-likeness (QED) is 0.907. The normalized spacial score (nSPS) is 13.8. The molecule has 0 spiro atoms. The van der Waals surface area contributed by atoms with Gasteiger partial charge in [0.1, 0.15) is 0 Å². The maximum absolute atomic E-state index is 12.4. The lowest BCUT2D eigenvalue weighted by atomic mass is 10.0.